The summed E-state index contributed by atoms with van der Waals surface area (Å²) in [6.07, 6.45) is 3.64. The topological polar surface area (TPSA) is 141 Å². The van der Waals surface area contributed by atoms with Crippen molar-refractivity contribution < 1.29 is 27.7 Å². The maximum absolute atomic E-state index is 13.0. The molecule has 0 radical (unpaired) electrons. The number of benzene rings is 2. The molecule has 0 aliphatic carbocycles. The van der Waals surface area contributed by atoms with Gasteiger partial charge < -0.3 is 9.30 Å². The maximum Gasteiger partial charge on any atom is 0.326 e. The van der Waals surface area contributed by atoms with Crippen molar-refractivity contribution in [3.8, 4) is 0 Å². The Morgan fingerprint density at radius 3 is 2.38 bits per heavy atom. The first-order chi connectivity index (χ1) is 17.7. The Hall–Kier alpha value is -3.42. The second kappa shape index (κ2) is 11.3. The molecule has 1 amide bonds. The lowest BCUT2D eigenvalue weighted by atomic mass is 10.2. The van der Waals surface area contributed by atoms with E-state index in [0.717, 1.165) is 37.0 Å². The fourth-order valence-electron chi connectivity index (χ4n) is 4.10. The lowest BCUT2D eigenvalue weighted by Gasteiger charge is -2.19. The number of fused-ring (bicyclic) bond motifs is 1. The van der Waals surface area contributed by atoms with E-state index in [-0.39, 0.29) is 34.1 Å². The van der Waals surface area contributed by atoms with Gasteiger partial charge in [0.2, 0.25) is 10.0 Å². The van der Waals surface area contributed by atoms with Crippen molar-refractivity contribution in [3.05, 3.63) is 62.9 Å². The predicted molar refractivity (Wildman–Crippen MR) is 137 cm³/mol. The van der Waals surface area contributed by atoms with Crippen LogP contribution in [0.15, 0.2) is 52.4 Å². The van der Waals surface area contributed by atoms with E-state index in [1.54, 1.807) is 6.92 Å². The molecule has 4 rings (SSSR count). The molecule has 37 heavy (non-hydrogen) atoms. The van der Waals surface area contributed by atoms with E-state index in [0.29, 0.717) is 23.3 Å². The summed E-state index contributed by atoms with van der Waals surface area (Å²) in [5.74, 6) is -1.19. The molecule has 3 aromatic rings. The first-order valence-corrected chi connectivity index (χ1v) is 14.1. The van der Waals surface area contributed by atoms with Crippen LogP contribution in [-0.4, -0.2) is 53.8 Å². The van der Waals surface area contributed by atoms with Gasteiger partial charge in [-0.1, -0.05) is 24.2 Å². The smallest absolute Gasteiger partial charge is 0.326 e. The zero-order valence-electron chi connectivity index (χ0n) is 20.2. The van der Waals surface area contributed by atoms with Crippen LogP contribution in [0.3, 0.4) is 0 Å². The van der Waals surface area contributed by atoms with Crippen LogP contribution in [0.5, 0.6) is 0 Å². The predicted octanol–water partition coefficient (Wildman–Crippen LogP) is 3.48. The number of aromatic nitrogens is 1. The van der Waals surface area contributed by atoms with Gasteiger partial charge in [-0.25, -0.2) is 8.42 Å². The molecule has 196 valence electrons. The summed E-state index contributed by atoms with van der Waals surface area (Å²) in [6, 6.07) is 9.76. The molecule has 0 saturated carbocycles. The zero-order chi connectivity index (χ0) is 26.6. The second-order valence-electron chi connectivity index (χ2n) is 8.44. The summed E-state index contributed by atoms with van der Waals surface area (Å²) in [6.45, 7) is 2.56. The number of amides is 1. The molecule has 0 atom stereocenters. The fraction of sp³-hybridized carbons (Fsp3) is 0.375. The average molecular weight is 547 g/mol. The standard InChI is InChI=1S/C24H26N4O7S2/c1-2-35-22(29)16-27-20-12-9-18(28(31)32)15-21(20)36-24(27)25-23(30)17-7-10-19(11-8-17)37(33,34)26-13-5-3-4-6-14-26/h7-12,15H,2-6,13-14,16H2,1H3. The molecule has 1 aliphatic heterocycles. The van der Waals surface area contributed by atoms with E-state index >= 15 is 0 Å². The van der Waals surface area contributed by atoms with Crippen LogP contribution in [0.4, 0.5) is 5.69 Å². The van der Waals surface area contributed by atoms with Gasteiger partial charge in [0.25, 0.3) is 11.6 Å². The molecule has 1 aliphatic rings. The van der Waals surface area contributed by atoms with Crippen LogP contribution in [0, 0.1) is 10.1 Å². The van der Waals surface area contributed by atoms with Crippen LogP contribution < -0.4 is 4.80 Å². The first kappa shape index (κ1) is 26.6. The molecule has 1 aromatic heterocycles. The van der Waals surface area contributed by atoms with Gasteiger partial charge in [0.1, 0.15) is 6.54 Å². The number of nitro groups is 1. The van der Waals surface area contributed by atoms with Crippen molar-refractivity contribution in [2.24, 2.45) is 4.99 Å². The maximum atomic E-state index is 13.0. The summed E-state index contributed by atoms with van der Waals surface area (Å²) in [5, 5.41) is 11.2. The number of nitrogens with zero attached hydrogens (tertiary/aromatic N) is 4. The Labute approximate surface area is 217 Å². The largest absolute Gasteiger partial charge is 0.465 e. The van der Waals surface area contributed by atoms with Gasteiger partial charge in [-0.05, 0) is 50.1 Å². The minimum absolute atomic E-state index is 0.109. The molecule has 13 heteroatoms. The highest BCUT2D eigenvalue weighted by Crippen LogP contribution is 2.24. The van der Waals surface area contributed by atoms with Gasteiger partial charge in [0, 0.05) is 30.8 Å². The third-order valence-electron chi connectivity index (χ3n) is 5.97. The van der Waals surface area contributed by atoms with E-state index in [1.807, 2.05) is 0 Å². The fourth-order valence-corrected chi connectivity index (χ4v) is 6.68. The number of carbonyl (C=O) groups excluding carboxylic acids is 2. The Kier molecular flexibility index (Phi) is 8.15. The van der Waals surface area contributed by atoms with E-state index in [1.165, 1.54) is 51.3 Å². The van der Waals surface area contributed by atoms with Crippen molar-refractivity contribution in [2.75, 3.05) is 19.7 Å². The quantitative estimate of drug-likeness (QED) is 0.251. The Morgan fingerprint density at radius 2 is 1.76 bits per heavy atom. The molecule has 2 aromatic carbocycles. The van der Waals surface area contributed by atoms with E-state index in [4.69, 9.17) is 4.74 Å². The third kappa shape index (κ3) is 5.95. The Bertz CT molecular complexity index is 1500. The lowest BCUT2D eigenvalue weighted by Crippen LogP contribution is -2.31. The number of ether oxygens (including phenoxy) is 1. The molecular weight excluding hydrogens is 520 g/mol. The Morgan fingerprint density at radius 1 is 1.08 bits per heavy atom. The summed E-state index contributed by atoms with van der Waals surface area (Å²) in [4.78, 5) is 40.2. The van der Waals surface area contributed by atoms with Crippen molar-refractivity contribution in [2.45, 2.75) is 44.0 Å². The third-order valence-corrected chi connectivity index (χ3v) is 8.92. The molecular formula is C24H26N4O7S2. The van der Waals surface area contributed by atoms with Gasteiger partial charge >= 0.3 is 5.97 Å². The van der Waals surface area contributed by atoms with Crippen LogP contribution in [0.2, 0.25) is 0 Å². The van der Waals surface area contributed by atoms with E-state index < -0.39 is 26.8 Å². The van der Waals surface area contributed by atoms with Gasteiger partial charge in [0.05, 0.1) is 26.6 Å². The number of carbonyl (C=O) groups is 2. The highest BCUT2D eigenvalue weighted by atomic mass is 32.2. The monoisotopic (exact) mass is 546 g/mol. The van der Waals surface area contributed by atoms with Crippen molar-refractivity contribution in [1.82, 2.24) is 8.87 Å². The highest BCUT2D eigenvalue weighted by molar-refractivity contribution is 7.89. The van der Waals surface area contributed by atoms with Crippen LogP contribution in [0.25, 0.3) is 10.2 Å². The Balaban J connectivity index is 1.67. The van der Waals surface area contributed by atoms with Crippen LogP contribution in [0.1, 0.15) is 43.0 Å². The molecule has 11 nitrogen and oxygen atoms in total. The molecule has 1 saturated heterocycles. The molecule has 2 heterocycles. The van der Waals surface area contributed by atoms with E-state index in [2.05, 4.69) is 4.99 Å². The summed E-state index contributed by atoms with van der Waals surface area (Å²) < 4.78 is 34.5. The minimum Gasteiger partial charge on any atom is -0.465 e. The number of thiazole rings is 1. The SMILES string of the molecule is CCOC(=O)Cn1c(=NC(=O)c2ccc(S(=O)(=O)N3CCCCCC3)cc2)sc2cc([N+](=O)[O-])ccc21. The van der Waals surface area contributed by atoms with Gasteiger partial charge in [0.15, 0.2) is 4.80 Å². The summed E-state index contributed by atoms with van der Waals surface area (Å²) in [5.41, 5.74) is 0.533. The van der Waals surface area contributed by atoms with Crippen molar-refractivity contribution in [3.63, 3.8) is 0 Å². The molecule has 0 N–H and O–H groups in total. The van der Waals surface area contributed by atoms with Crippen LogP contribution in [-0.2, 0) is 26.1 Å². The minimum atomic E-state index is -3.66. The number of hydrogen-bond donors (Lipinski definition) is 0. The molecule has 1 fully saturated rings. The molecule has 0 bridgehead atoms. The number of hydrogen-bond acceptors (Lipinski definition) is 8. The first-order valence-electron chi connectivity index (χ1n) is 11.8. The summed E-state index contributed by atoms with van der Waals surface area (Å²) in [7, 11) is -3.66. The van der Waals surface area contributed by atoms with Gasteiger partial charge in [-0.3, -0.25) is 19.7 Å². The molecule has 0 spiro atoms. The van der Waals surface area contributed by atoms with Gasteiger partial charge in [-0.15, -0.1) is 0 Å². The van der Waals surface area contributed by atoms with Gasteiger partial charge in [-0.2, -0.15) is 9.30 Å². The molecule has 0 unspecified atom stereocenters. The number of esters is 1. The van der Waals surface area contributed by atoms with Crippen LogP contribution >= 0.6 is 11.3 Å². The number of nitro benzene ring substituents is 1. The zero-order valence-corrected chi connectivity index (χ0v) is 21.8. The normalized spacial score (nSPS) is 15.4. The van der Waals surface area contributed by atoms with Crippen molar-refractivity contribution in [1.29, 1.82) is 0 Å². The van der Waals surface area contributed by atoms with Crippen molar-refractivity contribution >= 4 is 49.1 Å². The number of non-ortho nitro benzene ring substituents is 1. The number of rotatable bonds is 7. The van der Waals surface area contributed by atoms with E-state index in [9.17, 15) is 28.1 Å². The summed E-state index contributed by atoms with van der Waals surface area (Å²) >= 11 is 1.03. The average Bonchev–Trinajstić information content (AvgIpc) is 3.03. The highest BCUT2D eigenvalue weighted by Gasteiger charge is 2.25. The lowest BCUT2D eigenvalue weighted by molar-refractivity contribution is -0.384. The second-order valence-corrected chi connectivity index (χ2v) is 11.4. The number of sulfonamides is 1.